The van der Waals surface area contributed by atoms with Gasteiger partial charge in [0.1, 0.15) is 18.0 Å². The Bertz CT molecular complexity index is 332. The second-order valence-corrected chi connectivity index (χ2v) is 4.11. The molecule has 0 aliphatic carbocycles. The van der Waals surface area contributed by atoms with E-state index in [-0.39, 0.29) is 6.10 Å². The zero-order valence-electron chi connectivity index (χ0n) is 8.32. The molecule has 1 saturated heterocycles. The van der Waals surface area contributed by atoms with Crippen LogP contribution in [0.1, 0.15) is 6.42 Å². The minimum absolute atomic E-state index is 0.135. The van der Waals surface area contributed by atoms with Crippen molar-refractivity contribution >= 4 is 11.6 Å². The standard InChI is InChI=1S/C11H14ClNO2/c12-8-2-1-3-9(6-8)15-11-4-5-13-7-10(11)14/h1-3,6,10-11,13-14H,4-5,7H2/t10-,11-/m1/s1. The van der Waals surface area contributed by atoms with E-state index in [0.29, 0.717) is 17.3 Å². The molecule has 1 aromatic rings. The molecule has 2 rings (SSSR count). The number of halogens is 1. The zero-order valence-corrected chi connectivity index (χ0v) is 9.07. The Morgan fingerprint density at radius 3 is 3.07 bits per heavy atom. The summed E-state index contributed by atoms with van der Waals surface area (Å²) in [7, 11) is 0. The van der Waals surface area contributed by atoms with E-state index < -0.39 is 6.10 Å². The molecule has 2 N–H and O–H groups in total. The summed E-state index contributed by atoms with van der Waals surface area (Å²) in [4.78, 5) is 0. The van der Waals surface area contributed by atoms with Gasteiger partial charge in [-0.2, -0.15) is 0 Å². The van der Waals surface area contributed by atoms with Gasteiger partial charge in [-0.3, -0.25) is 0 Å². The van der Waals surface area contributed by atoms with Crippen LogP contribution in [0.5, 0.6) is 5.75 Å². The third-order valence-electron chi connectivity index (χ3n) is 2.47. The molecule has 0 bridgehead atoms. The number of ether oxygens (including phenoxy) is 1. The van der Waals surface area contributed by atoms with Gasteiger partial charge in [-0.15, -0.1) is 0 Å². The average molecular weight is 228 g/mol. The molecule has 15 heavy (non-hydrogen) atoms. The second kappa shape index (κ2) is 4.84. The van der Waals surface area contributed by atoms with Gasteiger partial charge in [-0.1, -0.05) is 17.7 Å². The van der Waals surface area contributed by atoms with E-state index >= 15 is 0 Å². The van der Waals surface area contributed by atoms with Gasteiger partial charge in [0.05, 0.1) is 0 Å². The Balaban J connectivity index is 2.01. The highest BCUT2D eigenvalue weighted by atomic mass is 35.5. The molecule has 82 valence electrons. The lowest BCUT2D eigenvalue weighted by atomic mass is 10.1. The summed E-state index contributed by atoms with van der Waals surface area (Å²) in [5.74, 6) is 0.716. The lowest BCUT2D eigenvalue weighted by Gasteiger charge is -2.28. The smallest absolute Gasteiger partial charge is 0.127 e. The normalized spacial score (nSPS) is 26.3. The van der Waals surface area contributed by atoms with Crippen molar-refractivity contribution in [2.45, 2.75) is 18.6 Å². The van der Waals surface area contributed by atoms with E-state index in [1.54, 1.807) is 12.1 Å². The fourth-order valence-corrected chi connectivity index (χ4v) is 1.85. The number of β-amino-alcohol motifs (C(OH)–C–C–N with tert-alkyl or cyclic N) is 1. The summed E-state index contributed by atoms with van der Waals surface area (Å²) in [6, 6.07) is 7.25. The molecule has 3 nitrogen and oxygen atoms in total. The van der Waals surface area contributed by atoms with Crippen LogP contribution in [0.25, 0.3) is 0 Å². The van der Waals surface area contributed by atoms with Crippen LogP contribution in [0.4, 0.5) is 0 Å². The predicted molar refractivity (Wildman–Crippen MR) is 59.4 cm³/mol. The number of piperidine rings is 1. The molecule has 0 unspecified atom stereocenters. The number of aliphatic hydroxyl groups is 1. The highest BCUT2D eigenvalue weighted by Crippen LogP contribution is 2.20. The molecule has 0 radical (unpaired) electrons. The zero-order chi connectivity index (χ0) is 10.7. The van der Waals surface area contributed by atoms with E-state index in [4.69, 9.17) is 16.3 Å². The van der Waals surface area contributed by atoms with Crippen molar-refractivity contribution in [1.29, 1.82) is 0 Å². The Labute approximate surface area is 94.0 Å². The van der Waals surface area contributed by atoms with Gasteiger partial charge in [-0.05, 0) is 31.2 Å². The summed E-state index contributed by atoms with van der Waals surface area (Å²) in [6.45, 7) is 1.47. The Hall–Kier alpha value is -0.770. The summed E-state index contributed by atoms with van der Waals surface area (Å²) in [5, 5.41) is 13.4. The molecular formula is C11H14ClNO2. The van der Waals surface area contributed by atoms with Crippen LogP contribution in [0.15, 0.2) is 24.3 Å². The molecular weight excluding hydrogens is 214 g/mol. The van der Waals surface area contributed by atoms with Crippen LogP contribution in [0.3, 0.4) is 0 Å². The maximum atomic E-state index is 9.68. The molecule has 4 heteroatoms. The van der Waals surface area contributed by atoms with Crippen molar-refractivity contribution in [3.63, 3.8) is 0 Å². The lowest BCUT2D eigenvalue weighted by molar-refractivity contribution is 0.0163. The van der Waals surface area contributed by atoms with Crippen molar-refractivity contribution in [2.24, 2.45) is 0 Å². The minimum Gasteiger partial charge on any atom is -0.488 e. The fourth-order valence-electron chi connectivity index (χ4n) is 1.67. The second-order valence-electron chi connectivity index (χ2n) is 3.67. The summed E-state index contributed by atoms with van der Waals surface area (Å²) >= 11 is 5.84. The summed E-state index contributed by atoms with van der Waals surface area (Å²) in [5.41, 5.74) is 0. The first-order valence-corrected chi connectivity index (χ1v) is 5.44. The number of rotatable bonds is 2. The molecule has 0 spiro atoms. The van der Waals surface area contributed by atoms with Crippen molar-refractivity contribution in [3.8, 4) is 5.75 Å². The Morgan fingerprint density at radius 1 is 1.47 bits per heavy atom. The van der Waals surface area contributed by atoms with Crippen LogP contribution in [0.2, 0.25) is 5.02 Å². The lowest BCUT2D eigenvalue weighted by Crippen LogP contribution is -2.46. The molecule has 0 amide bonds. The molecule has 0 saturated carbocycles. The highest BCUT2D eigenvalue weighted by molar-refractivity contribution is 6.30. The fraction of sp³-hybridized carbons (Fsp3) is 0.455. The Kier molecular flexibility index (Phi) is 3.46. The molecule has 1 heterocycles. The minimum atomic E-state index is -0.447. The van der Waals surface area contributed by atoms with Gasteiger partial charge < -0.3 is 15.2 Å². The van der Waals surface area contributed by atoms with Crippen LogP contribution < -0.4 is 10.1 Å². The van der Waals surface area contributed by atoms with Gasteiger partial charge in [0.2, 0.25) is 0 Å². The van der Waals surface area contributed by atoms with E-state index in [2.05, 4.69) is 5.32 Å². The van der Waals surface area contributed by atoms with E-state index in [0.717, 1.165) is 13.0 Å². The number of nitrogens with one attached hydrogen (secondary N) is 1. The van der Waals surface area contributed by atoms with Gasteiger partial charge in [-0.25, -0.2) is 0 Å². The van der Waals surface area contributed by atoms with Crippen molar-refractivity contribution in [1.82, 2.24) is 5.32 Å². The van der Waals surface area contributed by atoms with E-state index in [9.17, 15) is 5.11 Å². The Morgan fingerprint density at radius 2 is 2.33 bits per heavy atom. The predicted octanol–water partition coefficient (Wildman–Crippen LogP) is 1.44. The molecule has 0 aromatic heterocycles. The summed E-state index contributed by atoms with van der Waals surface area (Å²) < 4.78 is 5.67. The molecule has 2 atom stereocenters. The van der Waals surface area contributed by atoms with Gasteiger partial charge in [0, 0.05) is 11.6 Å². The average Bonchev–Trinajstić information content (AvgIpc) is 2.22. The SMILES string of the molecule is O[C@@H]1CNCC[C@H]1Oc1cccc(Cl)c1. The first-order chi connectivity index (χ1) is 7.25. The first kappa shape index (κ1) is 10.7. The molecule has 1 aromatic carbocycles. The third-order valence-corrected chi connectivity index (χ3v) is 2.71. The van der Waals surface area contributed by atoms with Crippen LogP contribution in [-0.2, 0) is 0 Å². The van der Waals surface area contributed by atoms with E-state index in [1.165, 1.54) is 0 Å². The van der Waals surface area contributed by atoms with Crippen LogP contribution >= 0.6 is 11.6 Å². The molecule has 1 aliphatic rings. The van der Waals surface area contributed by atoms with E-state index in [1.807, 2.05) is 12.1 Å². The van der Waals surface area contributed by atoms with Crippen LogP contribution in [-0.4, -0.2) is 30.4 Å². The van der Waals surface area contributed by atoms with Crippen molar-refractivity contribution in [3.05, 3.63) is 29.3 Å². The first-order valence-electron chi connectivity index (χ1n) is 5.07. The van der Waals surface area contributed by atoms with Crippen LogP contribution in [0, 0.1) is 0 Å². The largest absolute Gasteiger partial charge is 0.488 e. The van der Waals surface area contributed by atoms with Gasteiger partial charge >= 0.3 is 0 Å². The number of aliphatic hydroxyl groups excluding tert-OH is 1. The third kappa shape index (κ3) is 2.84. The molecule has 1 aliphatic heterocycles. The van der Waals surface area contributed by atoms with Crippen molar-refractivity contribution < 1.29 is 9.84 Å². The number of hydrogen-bond donors (Lipinski definition) is 2. The summed E-state index contributed by atoms with van der Waals surface area (Å²) in [6.07, 6.45) is 0.232. The highest BCUT2D eigenvalue weighted by Gasteiger charge is 2.24. The van der Waals surface area contributed by atoms with Gasteiger partial charge in [0.25, 0.3) is 0 Å². The number of hydrogen-bond acceptors (Lipinski definition) is 3. The maximum absolute atomic E-state index is 9.68. The monoisotopic (exact) mass is 227 g/mol. The number of benzene rings is 1. The quantitative estimate of drug-likeness (QED) is 0.804. The van der Waals surface area contributed by atoms with Crippen molar-refractivity contribution in [2.75, 3.05) is 13.1 Å². The molecule has 1 fully saturated rings. The maximum Gasteiger partial charge on any atom is 0.127 e. The topological polar surface area (TPSA) is 41.5 Å². The van der Waals surface area contributed by atoms with Gasteiger partial charge in [0.15, 0.2) is 0 Å².